The molecule has 2 bridgehead atoms. The van der Waals surface area contributed by atoms with E-state index in [1.165, 1.54) is 12.8 Å². The first-order valence-electron chi connectivity index (χ1n) is 9.24. The molecule has 1 N–H and O–H groups in total. The van der Waals surface area contributed by atoms with Gasteiger partial charge in [-0.05, 0) is 49.5 Å². The second-order valence-electron chi connectivity index (χ2n) is 7.91. The van der Waals surface area contributed by atoms with E-state index in [0.29, 0.717) is 17.4 Å². The summed E-state index contributed by atoms with van der Waals surface area (Å²) in [5, 5.41) is 8.52. The number of rotatable bonds is 4. The number of amides is 1. The van der Waals surface area contributed by atoms with Gasteiger partial charge in [-0.1, -0.05) is 26.0 Å². The molecule has 2 aromatic heterocycles. The van der Waals surface area contributed by atoms with Crippen LogP contribution in [0.15, 0.2) is 18.2 Å². The standard InChI is InChI=1S/C20H26N4O/c1-11(2)17-9-16(18-12(3)23-24(4)19(18)22-17)20(25)21-10-15-8-13-5-6-14(15)7-13/h5-6,9,11,13-15H,7-8,10H2,1-4H3,(H,21,25)/t13-,14+,15-/m1/s1. The van der Waals surface area contributed by atoms with Crippen LogP contribution in [0, 0.1) is 24.7 Å². The molecule has 0 saturated heterocycles. The number of aromatic nitrogens is 3. The van der Waals surface area contributed by atoms with Gasteiger partial charge in [0, 0.05) is 19.3 Å². The third-order valence-corrected chi connectivity index (χ3v) is 5.77. The van der Waals surface area contributed by atoms with Crippen molar-refractivity contribution in [1.29, 1.82) is 0 Å². The lowest BCUT2D eigenvalue weighted by Crippen LogP contribution is -2.31. The highest BCUT2D eigenvalue weighted by atomic mass is 16.1. The van der Waals surface area contributed by atoms with Crippen molar-refractivity contribution in [3.63, 3.8) is 0 Å². The summed E-state index contributed by atoms with van der Waals surface area (Å²) in [7, 11) is 1.88. The van der Waals surface area contributed by atoms with Crippen molar-refractivity contribution < 1.29 is 4.79 Å². The summed E-state index contributed by atoms with van der Waals surface area (Å²) in [5.74, 6) is 2.22. The maximum atomic E-state index is 13.0. The van der Waals surface area contributed by atoms with Crippen molar-refractivity contribution in [3.05, 3.63) is 35.2 Å². The summed E-state index contributed by atoms with van der Waals surface area (Å²) in [5.41, 5.74) is 3.28. The number of allylic oxidation sites excluding steroid dienone is 2. The zero-order valence-electron chi connectivity index (χ0n) is 15.4. The Hall–Kier alpha value is -2.17. The molecule has 0 aromatic carbocycles. The van der Waals surface area contributed by atoms with Crippen molar-refractivity contribution in [3.8, 4) is 0 Å². The van der Waals surface area contributed by atoms with Crippen LogP contribution in [0.2, 0.25) is 0 Å². The van der Waals surface area contributed by atoms with Crippen molar-refractivity contribution in [2.75, 3.05) is 6.54 Å². The molecular formula is C20H26N4O. The summed E-state index contributed by atoms with van der Waals surface area (Å²) in [6, 6.07) is 1.94. The van der Waals surface area contributed by atoms with Gasteiger partial charge >= 0.3 is 0 Å². The van der Waals surface area contributed by atoms with Crippen molar-refractivity contribution >= 4 is 16.9 Å². The average Bonchev–Trinajstić information content (AvgIpc) is 3.27. The van der Waals surface area contributed by atoms with E-state index in [9.17, 15) is 4.79 Å². The van der Waals surface area contributed by atoms with Crippen LogP contribution in [-0.2, 0) is 7.05 Å². The molecule has 25 heavy (non-hydrogen) atoms. The van der Waals surface area contributed by atoms with Gasteiger partial charge in [-0.15, -0.1) is 0 Å². The first-order valence-corrected chi connectivity index (χ1v) is 9.24. The van der Waals surface area contributed by atoms with E-state index in [0.717, 1.165) is 34.9 Å². The fourth-order valence-corrected chi connectivity index (χ4v) is 4.39. The first-order chi connectivity index (χ1) is 11.9. The lowest BCUT2D eigenvalue weighted by Gasteiger charge is -2.19. The van der Waals surface area contributed by atoms with Crippen LogP contribution in [-0.4, -0.2) is 27.2 Å². The quantitative estimate of drug-likeness (QED) is 0.870. The third kappa shape index (κ3) is 2.75. The van der Waals surface area contributed by atoms with Gasteiger partial charge in [0.2, 0.25) is 0 Å². The van der Waals surface area contributed by atoms with Gasteiger partial charge in [0.25, 0.3) is 5.91 Å². The van der Waals surface area contributed by atoms with Crippen LogP contribution in [0.25, 0.3) is 11.0 Å². The Morgan fingerprint density at radius 1 is 1.36 bits per heavy atom. The average molecular weight is 338 g/mol. The molecule has 1 fully saturated rings. The summed E-state index contributed by atoms with van der Waals surface area (Å²) in [6.45, 7) is 6.89. The Morgan fingerprint density at radius 2 is 2.16 bits per heavy atom. The van der Waals surface area contributed by atoms with Gasteiger partial charge in [-0.2, -0.15) is 5.10 Å². The van der Waals surface area contributed by atoms with E-state index in [1.54, 1.807) is 4.68 Å². The van der Waals surface area contributed by atoms with Gasteiger partial charge in [0.15, 0.2) is 5.65 Å². The Bertz CT molecular complexity index is 864. The molecule has 1 amide bonds. The molecule has 2 heterocycles. The summed E-state index contributed by atoms with van der Waals surface area (Å²) < 4.78 is 1.77. The van der Waals surface area contributed by atoms with Gasteiger partial charge in [0.05, 0.1) is 16.6 Å². The minimum atomic E-state index is -0.00264. The number of carbonyl (C=O) groups excluding carboxylic acids is 1. The molecule has 4 rings (SSSR count). The van der Waals surface area contributed by atoms with E-state index in [1.807, 2.05) is 20.0 Å². The highest BCUT2D eigenvalue weighted by Crippen LogP contribution is 2.43. The monoisotopic (exact) mass is 338 g/mol. The van der Waals surface area contributed by atoms with Crippen LogP contribution < -0.4 is 5.32 Å². The minimum absolute atomic E-state index is 0.00264. The molecule has 1 saturated carbocycles. The molecule has 2 aliphatic rings. The zero-order chi connectivity index (χ0) is 17.7. The predicted octanol–water partition coefficient (Wildman–Crippen LogP) is 3.34. The van der Waals surface area contributed by atoms with E-state index < -0.39 is 0 Å². The fourth-order valence-electron chi connectivity index (χ4n) is 4.39. The molecule has 0 aliphatic heterocycles. The molecular weight excluding hydrogens is 312 g/mol. The van der Waals surface area contributed by atoms with Crippen LogP contribution in [0.3, 0.4) is 0 Å². The largest absolute Gasteiger partial charge is 0.352 e. The van der Waals surface area contributed by atoms with Crippen LogP contribution in [0.5, 0.6) is 0 Å². The summed E-state index contributed by atoms with van der Waals surface area (Å²) in [4.78, 5) is 17.7. The number of fused-ring (bicyclic) bond motifs is 3. The predicted molar refractivity (Wildman–Crippen MR) is 98.5 cm³/mol. The topological polar surface area (TPSA) is 59.8 Å². The highest BCUT2D eigenvalue weighted by molar-refractivity contribution is 6.06. The Kier molecular flexibility index (Phi) is 3.89. The number of aryl methyl sites for hydroxylation is 2. The molecule has 3 atom stereocenters. The normalized spacial score (nSPS) is 24.6. The molecule has 2 aliphatic carbocycles. The number of carbonyl (C=O) groups is 1. The smallest absolute Gasteiger partial charge is 0.252 e. The first kappa shape index (κ1) is 16.3. The molecule has 0 radical (unpaired) electrons. The SMILES string of the molecule is Cc1nn(C)c2nc(C(C)C)cc(C(=O)NC[C@H]3C[C@@H]4C=C[C@H]3C4)c12. The Labute approximate surface area is 148 Å². The van der Waals surface area contributed by atoms with E-state index in [2.05, 4.69) is 36.4 Å². The van der Waals surface area contributed by atoms with Crippen LogP contribution >= 0.6 is 0 Å². The van der Waals surface area contributed by atoms with Crippen molar-refractivity contribution in [1.82, 2.24) is 20.1 Å². The number of hydrogen-bond donors (Lipinski definition) is 1. The fraction of sp³-hybridized carbons (Fsp3) is 0.550. The minimum Gasteiger partial charge on any atom is -0.352 e. The molecule has 132 valence electrons. The van der Waals surface area contributed by atoms with Gasteiger partial charge in [-0.3, -0.25) is 9.48 Å². The van der Waals surface area contributed by atoms with Crippen molar-refractivity contribution in [2.24, 2.45) is 24.8 Å². The highest BCUT2D eigenvalue weighted by Gasteiger charge is 2.35. The van der Waals surface area contributed by atoms with Gasteiger partial charge in [0.1, 0.15) is 0 Å². The van der Waals surface area contributed by atoms with E-state index in [4.69, 9.17) is 4.98 Å². The molecule has 0 spiro atoms. The Morgan fingerprint density at radius 3 is 2.80 bits per heavy atom. The lowest BCUT2D eigenvalue weighted by molar-refractivity contribution is 0.0946. The summed E-state index contributed by atoms with van der Waals surface area (Å²) in [6.07, 6.45) is 7.14. The van der Waals surface area contributed by atoms with E-state index >= 15 is 0 Å². The van der Waals surface area contributed by atoms with Gasteiger partial charge in [-0.25, -0.2) is 4.98 Å². The number of nitrogens with zero attached hydrogens (tertiary/aromatic N) is 3. The van der Waals surface area contributed by atoms with E-state index in [-0.39, 0.29) is 11.8 Å². The number of nitrogens with one attached hydrogen (secondary N) is 1. The number of pyridine rings is 1. The zero-order valence-corrected chi connectivity index (χ0v) is 15.4. The van der Waals surface area contributed by atoms with Crippen molar-refractivity contribution in [2.45, 2.75) is 39.5 Å². The molecule has 5 nitrogen and oxygen atoms in total. The Balaban J connectivity index is 1.62. The van der Waals surface area contributed by atoms with Crippen LogP contribution in [0.1, 0.15) is 54.4 Å². The molecule has 5 heteroatoms. The maximum absolute atomic E-state index is 13.0. The van der Waals surface area contributed by atoms with Gasteiger partial charge < -0.3 is 5.32 Å². The number of hydrogen-bond acceptors (Lipinski definition) is 3. The second kappa shape index (κ2) is 5.97. The maximum Gasteiger partial charge on any atom is 0.252 e. The third-order valence-electron chi connectivity index (χ3n) is 5.77. The second-order valence-corrected chi connectivity index (χ2v) is 7.91. The summed E-state index contributed by atoms with van der Waals surface area (Å²) >= 11 is 0. The molecule has 2 aromatic rings. The molecule has 0 unspecified atom stereocenters. The van der Waals surface area contributed by atoms with Crippen LogP contribution in [0.4, 0.5) is 0 Å². The lowest BCUT2D eigenvalue weighted by atomic mass is 9.93.